The zero-order chi connectivity index (χ0) is 26.5. The third kappa shape index (κ3) is 6.23. The maximum Gasteiger partial charge on any atom is 0.167 e. The number of ketones is 1. The molecule has 0 amide bonds. The summed E-state index contributed by atoms with van der Waals surface area (Å²) in [6.07, 6.45) is 2.13. The number of Topliss-reactive ketones (excluding diaryl/α,β-unsaturated/α-hetero) is 1. The van der Waals surface area contributed by atoms with Gasteiger partial charge < -0.3 is 20.0 Å². The van der Waals surface area contributed by atoms with E-state index in [1.807, 2.05) is 12.1 Å². The van der Waals surface area contributed by atoms with E-state index in [1.54, 1.807) is 30.3 Å². The zero-order valence-electron chi connectivity index (χ0n) is 22.4. The van der Waals surface area contributed by atoms with Gasteiger partial charge in [-0.05, 0) is 100 Å². The van der Waals surface area contributed by atoms with Crippen molar-refractivity contribution >= 4 is 5.78 Å². The molecule has 2 N–H and O–H groups in total. The van der Waals surface area contributed by atoms with Crippen LogP contribution in [0.25, 0.3) is 0 Å². The minimum absolute atomic E-state index is 0.0341. The second-order valence-electron chi connectivity index (χ2n) is 10.7. The molecule has 1 heterocycles. The summed E-state index contributed by atoms with van der Waals surface area (Å²) in [7, 11) is 4.18. The normalized spacial score (nSPS) is 20.3. The van der Waals surface area contributed by atoms with Crippen molar-refractivity contribution in [2.24, 2.45) is 5.92 Å². The number of carbonyl (C=O) groups excluding carboxylic acids is 1. The first-order valence-electron chi connectivity index (χ1n) is 13.2. The lowest BCUT2D eigenvalue weighted by Gasteiger charge is -2.44. The molecule has 0 saturated carbocycles. The van der Waals surface area contributed by atoms with Crippen LogP contribution in [0.4, 0.5) is 0 Å². The summed E-state index contributed by atoms with van der Waals surface area (Å²) in [5.74, 6) is -0.144. The Morgan fingerprint density at radius 1 is 1.03 bits per heavy atom. The van der Waals surface area contributed by atoms with E-state index in [1.165, 1.54) is 11.1 Å². The van der Waals surface area contributed by atoms with Crippen LogP contribution in [-0.2, 0) is 0 Å². The average molecular weight is 500 g/mol. The fourth-order valence-corrected chi connectivity index (χ4v) is 5.81. The molecule has 0 aliphatic carbocycles. The highest BCUT2D eigenvalue weighted by Gasteiger charge is 2.43. The van der Waals surface area contributed by atoms with Crippen molar-refractivity contribution in [3.05, 3.63) is 94.5 Å². The minimum Gasteiger partial charge on any atom is -0.508 e. The molecule has 0 bridgehead atoms. The van der Waals surface area contributed by atoms with Gasteiger partial charge in [0.15, 0.2) is 5.78 Å². The Hall–Kier alpha value is -3.15. The lowest BCUT2D eigenvalue weighted by atomic mass is 9.67. The van der Waals surface area contributed by atoms with Crippen molar-refractivity contribution in [1.29, 1.82) is 0 Å². The van der Waals surface area contributed by atoms with Crippen molar-refractivity contribution < 1.29 is 15.0 Å². The molecule has 3 aromatic carbocycles. The number of aromatic hydroxyl groups is 2. The molecule has 1 aliphatic rings. The van der Waals surface area contributed by atoms with Crippen LogP contribution in [0.3, 0.4) is 0 Å². The maximum absolute atomic E-state index is 14.1. The summed E-state index contributed by atoms with van der Waals surface area (Å²) in [5.41, 5.74) is 4.92. The van der Waals surface area contributed by atoms with Crippen LogP contribution >= 0.6 is 0 Å². The van der Waals surface area contributed by atoms with Gasteiger partial charge >= 0.3 is 0 Å². The minimum atomic E-state index is -0.321. The molecule has 3 aromatic rings. The van der Waals surface area contributed by atoms with Crippen LogP contribution in [0.1, 0.15) is 57.3 Å². The van der Waals surface area contributed by atoms with Gasteiger partial charge in [0.2, 0.25) is 0 Å². The standard InChI is InChI=1S/C32H39N2O3/c1-22-11-9-15-26(23(22)2)31-28(27-14-5-6-16-30(27)36)20-34(18-8-7-17-33(3)4)21-29(31)32(37)24-12-10-13-25(35)19-24/h5,9-16,19,28-29,31,35-36H,7-8,17-18,20-21H2,1-4H3. The van der Waals surface area contributed by atoms with Crippen LogP contribution in [-0.4, -0.2) is 66.1 Å². The van der Waals surface area contributed by atoms with Gasteiger partial charge in [-0.1, -0.05) is 42.5 Å². The predicted octanol–water partition coefficient (Wildman–Crippen LogP) is 5.54. The van der Waals surface area contributed by atoms with E-state index in [2.05, 4.69) is 62.0 Å². The fraction of sp³-hybridized carbons (Fsp3) is 0.406. The lowest BCUT2D eigenvalue weighted by Crippen LogP contribution is -2.47. The number of rotatable bonds is 9. The molecule has 4 rings (SSSR count). The first kappa shape index (κ1) is 26.9. The van der Waals surface area contributed by atoms with Gasteiger partial charge in [0.1, 0.15) is 11.5 Å². The van der Waals surface area contributed by atoms with E-state index < -0.39 is 0 Å². The summed E-state index contributed by atoms with van der Waals surface area (Å²) in [6, 6.07) is 21.4. The summed E-state index contributed by atoms with van der Waals surface area (Å²) in [5, 5.41) is 21.0. The SMILES string of the molecule is Cc1cccc(C2C(C(=O)c3cccc(O)c3)CN(CCCCN(C)C)CC2c2cc[c]cc2O)c1C. The van der Waals surface area contributed by atoms with Crippen molar-refractivity contribution in [2.75, 3.05) is 40.3 Å². The van der Waals surface area contributed by atoms with Gasteiger partial charge in [-0.15, -0.1) is 0 Å². The number of hydrogen-bond acceptors (Lipinski definition) is 5. The van der Waals surface area contributed by atoms with E-state index in [0.717, 1.165) is 43.6 Å². The van der Waals surface area contributed by atoms with E-state index >= 15 is 0 Å². The Balaban J connectivity index is 1.79. The second kappa shape index (κ2) is 11.9. The molecule has 1 fully saturated rings. The molecule has 1 saturated heterocycles. The summed E-state index contributed by atoms with van der Waals surface area (Å²) in [4.78, 5) is 18.7. The van der Waals surface area contributed by atoms with Crippen molar-refractivity contribution in [3.8, 4) is 11.5 Å². The summed E-state index contributed by atoms with van der Waals surface area (Å²) < 4.78 is 0. The molecule has 5 heteroatoms. The molecule has 0 aromatic heterocycles. The second-order valence-corrected chi connectivity index (χ2v) is 10.7. The summed E-state index contributed by atoms with van der Waals surface area (Å²) in [6.45, 7) is 7.57. The van der Waals surface area contributed by atoms with Crippen molar-refractivity contribution in [2.45, 2.75) is 38.5 Å². The van der Waals surface area contributed by atoms with Gasteiger partial charge in [0.25, 0.3) is 0 Å². The van der Waals surface area contributed by atoms with E-state index in [9.17, 15) is 15.0 Å². The van der Waals surface area contributed by atoms with E-state index in [4.69, 9.17) is 0 Å². The summed E-state index contributed by atoms with van der Waals surface area (Å²) >= 11 is 0. The number of phenols is 2. The Labute approximate surface area is 221 Å². The number of aryl methyl sites for hydroxylation is 1. The number of likely N-dealkylation sites (tertiary alicyclic amines) is 1. The Morgan fingerprint density at radius 3 is 2.54 bits per heavy atom. The molecular weight excluding hydrogens is 460 g/mol. The van der Waals surface area contributed by atoms with E-state index in [-0.39, 0.29) is 35.0 Å². The zero-order valence-corrected chi connectivity index (χ0v) is 22.4. The van der Waals surface area contributed by atoms with Crippen LogP contribution in [0.2, 0.25) is 0 Å². The van der Waals surface area contributed by atoms with Crippen LogP contribution < -0.4 is 0 Å². The molecule has 3 unspecified atom stereocenters. The van der Waals surface area contributed by atoms with Gasteiger partial charge in [-0.2, -0.15) is 0 Å². The number of piperidine rings is 1. The molecule has 1 radical (unpaired) electrons. The third-order valence-corrected chi connectivity index (χ3v) is 7.85. The first-order valence-corrected chi connectivity index (χ1v) is 13.2. The monoisotopic (exact) mass is 499 g/mol. The number of nitrogens with zero attached hydrogens (tertiary/aromatic N) is 2. The number of phenolic OH excluding ortho intramolecular Hbond substituents is 2. The Bertz CT molecular complexity index is 1220. The highest BCUT2D eigenvalue weighted by Crippen LogP contribution is 2.47. The van der Waals surface area contributed by atoms with Crippen LogP contribution in [0, 0.1) is 25.8 Å². The topological polar surface area (TPSA) is 64.0 Å². The van der Waals surface area contributed by atoms with Crippen LogP contribution in [0.15, 0.2) is 60.7 Å². The largest absolute Gasteiger partial charge is 0.508 e. The number of unbranched alkanes of at least 4 members (excludes halogenated alkanes) is 1. The quantitative estimate of drug-likeness (QED) is 0.299. The number of carbonyl (C=O) groups is 1. The molecule has 1 aliphatic heterocycles. The van der Waals surface area contributed by atoms with Crippen molar-refractivity contribution in [1.82, 2.24) is 9.80 Å². The number of benzene rings is 3. The molecule has 195 valence electrons. The highest BCUT2D eigenvalue weighted by molar-refractivity contribution is 5.99. The fourth-order valence-electron chi connectivity index (χ4n) is 5.81. The van der Waals surface area contributed by atoms with Gasteiger partial charge in [0, 0.05) is 36.4 Å². The molecule has 37 heavy (non-hydrogen) atoms. The first-order chi connectivity index (χ1) is 17.8. The molecule has 5 nitrogen and oxygen atoms in total. The smallest absolute Gasteiger partial charge is 0.167 e. The highest BCUT2D eigenvalue weighted by atomic mass is 16.3. The van der Waals surface area contributed by atoms with Gasteiger partial charge in [-0.3, -0.25) is 4.79 Å². The molecule has 3 atom stereocenters. The Morgan fingerprint density at radius 2 is 1.81 bits per heavy atom. The Kier molecular flexibility index (Phi) is 8.67. The molecule has 0 spiro atoms. The van der Waals surface area contributed by atoms with Crippen LogP contribution in [0.5, 0.6) is 11.5 Å². The van der Waals surface area contributed by atoms with Gasteiger partial charge in [0.05, 0.1) is 0 Å². The van der Waals surface area contributed by atoms with Gasteiger partial charge in [-0.25, -0.2) is 0 Å². The third-order valence-electron chi connectivity index (χ3n) is 7.85. The number of hydrogen-bond donors (Lipinski definition) is 2. The van der Waals surface area contributed by atoms with Crippen molar-refractivity contribution in [3.63, 3.8) is 0 Å². The maximum atomic E-state index is 14.1. The molecular formula is C32H39N2O3. The lowest BCUT2D eigenvalue weighted by molar-refractivity contribution is 0.0733. The average Bonchev–Trinajstić information content (AvgIpc) is 2.88. The van der Waals surface area contributed by atoms with E-state index in [0.29, 0.717) is 12.1 Å². The predicted molar refractivity (Wildman–Crippen MR) is 148 cm³/mol.